The molecule has 0 aliphatic heterocycles. The number of thiazole rings is 1. The normalized spacial score (nSPS) is 10.3. The molecule has 0 bridgehead atoms. The summed E-state index contributed by atoms with van der Waals surface area (Å²) in [6.45, 7) is 2.41. The van der Waals surface area contributed by atoms with E-state index < -0.39 is 0 Å². The average molecular weight is 281 g/mol. The minimum absolute atomic E-state index is 0.0475. The molecular formula is C13H13ClN2OS. The lowest BCUT2D eigenvalue weighted by atomic mass is 10.1. The summed E-state index contributed by atoms with van der Waals surface area (Å²) in [6, 6.07) is 7.36. The minimum atomic E-state index is -0.0475. The smallest absolute Gasteiger partial charge is 0.224 e. The molecule has 3 nitrogen and oxygen atoms in total. The molecule has 2 rings (SSSR count). The third-order valence-electron chi connectivity index (χ3n) is 2.44. The predicted octanol–water partition coefficient (Wildman–Crippen LogP) is 2.96. The van der Waals surface area contributed by atoms with E-state index in [1.54, 1.807) is 17.4 Å². The highest BCUT2D eigenvalue weighted by Crippen LogP contribution is 2.15. The van der Waals surface area contributed by atoms with Gasteiger partial charge in [-0.3, -0.25) is 4.79 Å². The summed E-state index contributed by atoms with van der Waals surface area (Å²) in [7, 11) is 0. The highest BCUT2D eigenvalue weighted by Gasteiger charge is 2.07. The van der Waals surface area contributed by atoms with Crippen molar-refractivity contribution in [1.82, 2.24) is 10.3 Å². The van der Waals surface area contributed by atoms with Crippen molar-refractivity contribution in [3.63, 3.8) is 0 Å². The maximum absolute atomic E-state index is 11.8. The van der Waals surface area contributed by atoms with Crippen LogP contribution in [0, 0.1) is 6.92 Å². The number of aromatic nitrogens is 1. The van der Waals surface area contributed by atoms with Crippen molar-refractivity contribution < 1.29 is 4.79 Å². The molecule has 0 spiro atoms. The molecule has 1 heterocycles. The summed E-state index contributed by atoms with van der Waals surface area (Å²) in [5.74, 6) is -0.0475. The van der Waals surface area contributed by atoms with Gasteiger partial charge in [0.2, 0.25) is 5.91 Å². The van der Waals surface area contributed by atoms with E-state index in [1.165, 1.54) is 0 Å². The summed E-state index contributed by atoms with van der Waals surface area (Å²) >= 11 is 7.58. The Hall–Kier alpha value is -1.39. The number of nitrogens with zero attached hydrogens (tertiary/aromatic N) is 1. The van der Waals surface area contributed by atoms with Gasteiger partial charge in [0.1, 0.15) is 0 Å². The topological polar surface area (TPSA) is 42.0 Å². The van der Waals surface area contributed by atoms with Gasteiger partial charge in [0.25, 0.3) is 0 Å². The van der Waals surface area contributed by atoms with Crippen LogP contribution in [0.25, 0.3) is 0 Å². The second-order valence-electron chi connectivity index (χ2n) is 3.90. The molecule has 0 aliphatic carbocycles. The fourth-order valence-corrected chi connectivity index (χ4v) is 2.37. The van der Waals surface area contributed by atoms with Crippen molar-refractivity contribution in [3.8, 4) is 0 Å². The molecule has 1 aromatic carbocycles. The molecule has 18 heavy (non-hydrogen) atoms. The molecule has 0 aliphatic rings. The fraction of sp³-hybridized carbons (Fsp3) is 0.231. The van der Waals surface area contributed by atoms with Crippen LogP contribution in [0.15, 0.2) is 29.6 Å². The first-order valence-corrected chi connectivity index (χ1v) is 6.82. The number of carbonyl (C=O) groups excluding carboxylic acids is 1. The van der Waals surface area contributed by atoms with Gasteiger partial charge in [0, 0.05) is 10.4 Å². The molecule has 0 atom stereocenters. The molecular weight excluding hydrogens is 268 g/mol. The second kappa shape index (κ2) is 5.98. The lowest BCUT2D eigenvalue weighted by Crippen LogP contribution is -2.24. The third kappa shape index (κ3) is 3.55. The molecule has 1 aromatic heterocycles. The molecule has 2 aromatic rings. The van der Waals surface area contributed by atoms with Crippen LogP contribution in [-0.2, 0) is 17.8 Å². The molecule has 1 N–H and O–H groups in total. The van der Waals surface area contributed by atoms with Crippen LogP contribution in [-0.4, -0.2) is 10.9 Å². The van der Waals surface area contributed by atoms with E-state index in [2.05, 4.69) is 10.3 Å². The Morgan fingerprint density at radius 3 is 2.89 bits per heavy atom. The Kier molecular flexibility index (Phi) is 4.33. The highest BCUT2D eigenvalue weighted by molar-refractivity contribution is 7.09. The van der Waals surface area contributed by atoms with Gasteiger partial charge in [-0.1, -0.05) is 29.8 Å². The summed E-state index contributed by atoms with van der Waals surface area (Å²) < 4.78 is 0. The van der Waals surface area contributed by atoms with E-state index in [0.29, 0.717) is 18.0 Å². The number of nitrogens with one attached hydrogen (secondary N) is 1. The summed E-state index contributed by atoms with van der Waals surface area (Å²) in [4.78, 5) is 16.0. The lowest BCUT2D eigenvalue weighted by molar-refractivity contribution is -0.120. The first-order chi connectivity index (χ1) is 8.65. The molecule has 0 radical (unpaired) electrons. The van der Waals surface area contributed by atoms with Crippen LogP contribution >= 0.6 is 22.9 Å². The van der Waals surface area contributed by atoms with Crippen LogP contribution in [0.1, 0.15) is 16.3 Å². The van der Waals surface area contributed by atoms with Crippen molar-refractivity contribution in [2.75, 3.05) is 0 Å². The number of halogens is 1. The van der Waals surface area contributed by atoms with Crippen molar-refractivity contribution in [1.29, 1.82) is 0 Å². The number of rotatable bonds is 4. The van der Waals surface area contributed by atoms with E-state index in [0.717, 1.165) is 16.3 Å². The monoisotopic (exact) mass is 280 g/mol. The van der Waals surface area contributed by atoms with Gasteiger partial charge >= 0.3 is 0 Å². The van der Waals surface area contributed by atoms with Gasteiger partial charge in [-0.25, -0.2) is 4.98 Å². The number of carbonyl (C=O) groups is 1. The SMILES string of the molecule is Cc1nc(CNC(=O)Cc2ccccc2Cl)cs1. The Morgan fingerprint density at radius 2 is 2.22 bits per heavy atom. The van der Waals surface area contributed by atoms with Gasteiger partial charge in [0.05, 0.1) is 23.7 Å². The Morgan fingerprint density at radius 1 is 1.44 bits per heavy atom. The summed E-state index contributed by atoms with van der Waals surface area (Å²) in [5.41, 5.74) is 1.73. The number of benzene rings is 1. The zero-order valence-electron chi connectivity index (χ0n) is 9.94. The van der Waals surface area contributed by atoms with E-state index >= 15 is 0 Å². The number of hydrogen-bond acceptors (Lipinski definition) is 3. The van der Waals surface area contributed by atoms with Crippen molar-refractivity contribution in [2.24, 2.45) is 0 Å². The summed E-state index contributed by atoms with van der Waals surface area (Å²) in [6.07, 6.45) is 0.294. The van der Waals surface area contributed by atoms with Crippen molar-refractivity contribution in [2.45, 2.75) is 19.9 Å². The Balaban J connectivity index is 1.88. The predicted molar refractivity (Wildman–Crippen MR) is 73.9 cm³/mol. The van der Waals surface area contributed by atoms with E-state index in [-0.39, 0.29) is 5.91 Å². The Labute approximate surface area is 115 Å². The molecule has 1 amide bonds. The molecule has 0 fully saturated rings. The van der Waals surface area contributed by atoms with E-state index in [4.69, 9.17) is 11.6 Å². The molecule has 94 valence electrons. The largest absolute Gasteiger partial charge is 0.350 e. The third-order valence-corrected chi connectivity index (χ3v) is 3.63. The van der Waals surface area contributed by atoms with E-state index in [1.807, 2.05) is 30.5 Å². The molecule has 0 unspecified atom stereocenters. The van der Waals surface area contributed by atoms with Crippen molar-refractivity contribution >= 4 is 28.8 Å². The molecule has 0 saturated heterocycles. The first-order valence-electron chi connectivity index (χ1n) is 5.56. The quantitative estimate of drug-likeness (QED) is 0.935. The molecule has 0 saturated carbocycles. The van der Waals surface area contributed by atoms with Crippen LogP contribution in [0.3, 0.4) is 0 Å². The van der Waals surface area contributed by atoms with Gasteiger partial charge in [-0.05, 0) is 18.6 Å². The van der Waals surface area contributed by atoms with Crippen LogP contribution in [0.2, 0.25) is 5.02 Å². The maximum atomic E-state index is 11.8. The molecule has 5 heteroatoms. The lowest BCUT2D eigenvalue weighted by Gasteiger charge is -2.05. The summed E-state index contributed by atoms with van der Waals surface area (Å²) in [5, 5.41) is 6.41. The average Bonchev–Trinajstić information content (AvgIpc) is 2.76. The van der Waals surface area contributed by atoms with Gasteiger partial charge in [0.15, 0.2) is 0 Å². The van der Waals surface area contributed by atoms with Crippen LogP contribution in [0.4, 0.5) is 0 Å². The van der Waals surface area contributed by atoms with Gasteiger partial charge < -0.3 is 5.32 Å². The van der Waals surface area contributed by atoms with Crippen LogP contribution in [0.5, 0.6) is 0 Å². The number of hydrogen-bond donors (Lipinski definition) is 1. The van der Waals surface area contributed by atoms with Gasteiger partial charge in [-0.15, -0.1) is 11.3 Å². The zero-order chi connectivity index (χ0) is 13.0. The first kappa shape index (κ1) is 13.1. The Bertz CT molecular complexity index is 553. The standard InChI is InChI=1S/C13H13ClN2OS/c1-9-16-11(8-18-9)7-15-13(17)6-10-4-2-3-5-12(10)14/h2-5,8H,6-7H2,1H3,(H,15,17). The number of aryl methyl sites for hydroxylation is 1. The van der Waals surface area contributed by atoms with E-state index in [9.17, 15) is 4.79 Å². The fourth-order valence-electron chi connectivity index (χ4n) is 1.56. The zero-order valence-corrected chi connectivity index (χ0v) is 11.5. The van der Waals surface area contributed by atoms with Crippen molar-refractivity contribution in [3.05, 3.63) is 50.9 Å². The van der Waals surface area contributed by atoms with Crippen LogP contribution < -0.4 is 5.32 Å². The minimum Gasteiger partial charge on any atom is -0.350 e. The highest BCUT2D eigenvalue weighted by atomic mass is 35.5. The van der Waals surface area contributed by atoms with Gasteiger partial charge in [-0.2, -0.15) is 0 Å². The maximum Gasteiger partial charge on any atom is 0.224 e. The second-order valence-corrected chi connectivity index (χ2v) is 5.37. The number of amides is 1.